The minimum absolute atomic E-state index is 0.133. The van der Waals surface area contributed by atoms with Gasteiger partial charge < -0.3 is 0 Å². The van der Waals surface area contributed by atoms with E-state index in [-0.39, 0.29) is 16.5 Å². The van der Waals surface area contributed by atoms with Crippen molar-refractivity contribution in [3.8, 4) is 0 Å². The molecule has 1 aliphatic rings. The Morgan fingerprint density at radius 2 is 2.00 bits per heavy atom. The molecule has 16 heavy (non-hydrogen) atoms. The van der Waals surface area contributed by atoms with Crippen LogP contribution in [-0.2, 0) is 6.54 Å². The normalized spacial score (nSPS) is 18.8. The lowest BCUT2D eigenvalue weighted by Gasteiger charge is -2.26. The van der Waals surface area contributed by atoms with Gasteiger partial charge >= 0.3 is 0 Å². The van der Waals surface area contributed by atoms with Crippen LogP contribution >= 0.6 is 15.9 Å². The van der Waals surface area contributed by atoms with Gasteiger partial charge in [0.15, 0.2) is 0 Å². The van der Waals surface area contributed by atoms with Crippen LogP contribution in [0.1, 0.15) is 25.7 Å². The minimum Gasteiger partial charge on any atom is -0.268 e. The molecule has 1 fully saturated rings. The summed E-state index contributed by atoms with van der Waals surface area (Å²) in [6.07, 6.45) is 4.64. The Bertz CT molecular complexity index is 471. The smallest absolute Gasteiger partial charge is 0.265 e. The average Bonchev–Trinajstić information content (AvgIpc) is 2.73. The highest BCUT2D eigenvalue weighted by Crippen LogP contribution is 2.40. The number of aromatic nitrogens is 2. The Labute approximate surface area is 102 Å². The van der Waals surface area contributed by atoms with Crippen molar-refractivity contribution in [2.24, 2.45) is 5.41 Å². The van der Waals surface area contributed by atoms with Crippen molar-refractivity contribution in [3.63, 3.8) is 0 Å². The van der Waals surface area contributed by atoms with Crippen LogP contribution in [0.4, 0.5) is 0 Å². The fraction of sp³-hybridized carbons (Fsp3) is 0.636. The van der Waals surface area contributed by atoms with E-state index >= 15 is 0 Å². The second-order valence-electron chi connectivity index (χ2n) is 4.57. The molecule has 1 heterocycles. The van der Waals surface area contributed by atoms with Crippen LogP contribution in [0.15, 0.2) is 21.7 Å². The molecule has 0 aromatic carbocycles. The number of halogens is 1. The van der Waals surface area contributed by atoms with Crippen molar-refractivity contribution in [1.82, 2.24) is 9.78 Å². The molecule has 1 saturated carbocycles. The molecule has 0 amide bonds. The van der Waals surface area contributed by atoms with Crippen LogP contribution in [0.3, 0.4) is 0 Å². The Morgan fingerprint density at radius 3 is 2.62 bits per heavy atom. The lowest BCUT2D eigenvalue weighted by molar-refractivity contribution is 0.270. The number of hydrogen-bond acceptors (Lipinski definition) is 2. The van der Waals surface area contributed by atoms with Crippen LogP contribution in [0, 0.1) is 5.41 Å². The zero-order valence-electron chi connectivity index (χ0n) is 9.04. The number of alkyl halides is 1. The topological polar surface area (TPSA) is 54.9 Å². The zero-order chi connectivity index (χ0) is 11.6. The van der Waals surface area contributed by atoms with Crippen molar-refractivity contribution < 1.29 is 0 Å². The molecule has 0 saturated heterocycles. The van der Waals surface area contributed by atoms with Gasteiger partial charge in [0.2, 0.25) is 0 Å². The first-order chi connectivity index (χ1) is 7.65. The maximum absolute atomic E-state index is 11.6. The maximum Gasteiger partial charge on any atom is 0.265 e. The molecule has 0 atom stereocenters. The molecule has 1 aromatic heterocycles. The van der Waals surface area contributed by atoms with E-state index in [1.807, 2.05) is 0 Å². The molecule has 2 rings (SSSR count). The van der Waals surface area contributed by atoms with Crippen molar-refractivity contribution in [2.75, 3.05) is 5.33 Å². The third-order valence-electron chi connectivity index (χ3n) is 3.33. The molecule has 0 bridgehead atoms. The summed E-state index contributed by atoms with van der Waals surface area (Å²) in [5, 5.41) is 3.47. The molecule has 1 N–H and O–H groups in total. The van der Waals surface area contributed by atoms with Crippen LogP contribution in [-0.4, -0.2) is 15.1 Å². The van der Waals surface area contributed by atoms with E-state index in [0.29, 0.717) is 6.54 Å². The average molecular weight is 287 g/mol. The molecular formula is C11H15BrN2O2. The summed E-state index contributed by atoms with van der Waals surface area (Å²) in [6, 6.07) is 2.60. The monoisotopic (exact) mass is 286 g/mol. The summed E-state index contributed by atoms with van der Waals surface area (Å²) in [7, 11) is 0. The molecule has 0 radical (unpaired) electrons. The second-order valence-corrected chi connectivity index (χ2v) is 5.14. The Hall–Kier alpha value is -0.840. The summed E-state index contributed by atoms with van der Waals surface area (Å²) in [5.74, 6) is 0. The molecule has 1 aliphatic carbocycles. The predicted molar refractivity (Wildman–Crippen MR) is 66.0 cm³/mol. The number of rotatable bonds is 3. The van der Waals surface area contributed by atoms with E-state index in [4.69, 9.17) is 0 Å². The summed E-state index contributed by atoms with van der Waals surface area (Å²) in [5.41, 5.74) is -0.220. The highest BCUT2D eigenvalue weighted by molar-refractivity contribution is 9.09. The van der Waals surface area contributed by atoms with Crippen LogP contribution in [0.2, 0.25) is 0 Å². The number of H-pyrrole nitrogens is 1. The highest BCUT2D eigenvalue weighted by atomic mass is 79.9. The molecule has 88 valence electrons. The van der Waals surface area contributed by atoms with Gasteiger partial charge in [-0.3, -0.25) is 14.7 Å². The van der Waals surface area contributed by atoms with Gasteiger partial charge in [0.1, 0.15) is 0 Å². The van der Waals surface area contributed by atoms with E-state index < -0.39 is 0 Å². The SMILES string of the molecule is O=c1ccc(=O)n(CC2(CBr)CCCC2)[nH]1. The number of hydrogen-bond donors (Lipinski definition) is 1. The number of nitrogens with one attached hydrogen (secondary N) is 1. The molecule has 0 unspecified atom stereocenters. The lowest BCUT2D eigenvalue weighted by atomic mass is 9.89. The van der Waals surface area contributed by atoms with Crippen LogP contribution in [0.25, 0.3) is 0 Å². The Balaban J connectivity index is 2.28. The molecule has 5 heteroatoms. The van der Waals surface area contributed by atoms with Gasteiger partial charge in [0.25, 0.3) is 11.1 Å². The van der Waals surface area contributed by atoms with E-state index in [1.54, 1.807) is 0 Å². The van der Waals surface area contributed by atoms with Crippen molar-refractivity contribution in [2.45, 2.75) is 32.2 Å². The van der Waals surface area contributed by atoms with Gasteiger partial charge in [-0.25, -0.2) is 4.68 Å². The van der Waals surface area contributed by atoms with E-state index in [9.17, 15) is 9.59 Å². The summed E-state index contributed by atoms with van der Waals surface area (Å²) >= 11 is 3.53. The largest absolute Gasteiger partial charge is 0.268 e. The number of nitrogens with zero attached hydrogens (tertiary/aromatic N) is 1. The number of aromatic amines is 1. The Kier molecular flexibility index (Phi) is 3.33. The summed E-state index contributed by atoms with van der Waals surface area (Å²) in [4.78, 5) is 22.8. The summed E-state index contributed by atoms with van der Waals surface area (Å²) < 4.78 is 1.44. The van der Waals surface area contributed by atoms with Crippen molar-refractivity contribution in [3.05, 3.63) is 32.8 Å². The van der Waals surface area contributed by atoms with Crippen molar-refractivity contribution >= 4 is 15.9 Å². The second kappa shape index (κ2) is 4.57. The highest BCUT2D eigenvalue weighted by Gasteiger charge is 2.33. The summed E-state index contributed by atoms with van der Waals surface area (Å²) in [6.45, 7) is 0.604. The van der Waals surface area contributed by atoms with Crippen LogP contribution in [0.5, 0.6) is 0 Å². The van der Waals surface area contributed by atoms with Gasteiger partial charge in [-0.05, 0) is 18.3 Å². The molecule has 0 aliphatic heterocycles. The van der Waals surface area contributed by atoms with Crippen molar-refractivity contribution in [1.29, 1.82) is 0 Å². The quantitative estimate of drug-likeness (QED) is 0.856. The standard InChI is InChI=1S/C11H15BrN2O2/c12-7-11(5-1-2-6-11)8-14-10(16)4-3-9(15)13-14/h3-4H,1-2,5-8H2,(H,13,15). The predicted octanol–water partition coefficient (Wildman–Crippen LogP) is 1.49. The van der Waals surface area contributed by atoms with E-state index in [0.717, 1.165) is 18.2 Å². The van der Waals surface area contributed by atoms with Gasteiger partial charge in [0, 0.05) is 24.0 Å². The lowest BCUT2D eigenvalue weighted by Crippen LogP contribution is -2.35. The maximum atomic E-state index is 11.6. The van der Waals surface area contributed by atoms with E-state index in [1.165, 1.54) is 29.7 Å². The van der Waals surface area contributed by atoms with E-state index in [2.05, 4.69) is 21.0 Å². The van der Waals surface area contributed by atoms with Gasteiger partial charge in [0.05, 0.1) is 0 Å². The van der Waals surface area contributed by atoms with Gasteiger partial charge in [-0.1, -0.05) is 28.8 Å². The third-order valence-corrected chi connectivity index (χ3v) is 4.52. The fourth-order valence-corrected chi connectivity index (χ4v) is 3.11. The fourth-order valence-electron chi connectivity index (χ4n) is 2.37. The first-order valence-corrected chi connectivity index (χ1v) is 6.64. The zero-order valence-corrected chi connectivity index (χ0v) is 10.6. The minimum atomic E-state index is -0.220. The Morgan fingerprint density at radius 1 is 1.31 bits per heavy atom. The first kappa shape index (κ1) is 11.6. The third kappa shape index (κ3) is 2.29. The molecular weight excluding hydrogens is 272 g/mol. The van der Waals surface area contributed by atoms with Gasteiger partial charge in [-0.2, -0.15) is 0 Å². The first-order valence-electron chi connectivity index (χ1n) is 5.51. The molecule has 4 nitrogen and oxygen atoms in total. The van der Waals surface area contributed by atoms with Crippen LogP contribution < -0.4 is 11.1 Å². The molecule has 1 aromatic rings. The van der Waals surface area contributed by atoms with Gasteiger partial charge in [-0.15, -0.1) is 0 Å². The molecule has 0 spiro atoms.